The Morgan fingerprint density at radius 1 is 1.27 bits per heavy atom. The van der Waals surface area contributed by atoms with Crippen molar-refractivity contribution >= 4 is 61.5 Å². The first-order valence-electron chi connectivity index (χ1n) is 6.20. The molecule has 120 valence electrons. The Hall–Kier alpha value is -0.540. The summed E-state index contributed by atoms with van der Waals surface area (Å²) in [6, 6.07) is 4.86. The van der Waals surface area contributed by atoms with Crippen molar-refractivity contribution in [2.24, 2.45) is 0 Å². The quantitative estimate of drug-likeness (QED) is 0.735. The van der Waals surface area contributed by atoms with Gasteiger partial charge in [-0.3, -0.25) is 4.72 Å². The van der Waals surface area contributed by atoms with Crippen molar-refractivity contribution in [3.05, 3.63) is 33.8 Å². The lowest BCUT2D eigenvalue weighted by molar-refractivity contribution is 0.600. The molecule has 0 atom stereocenters. The van der Waals surface area contributed by atoms with Gasteiger partial charge in [0.1, 0.15) is 0 Å². The fraction of sp³-hybridized carbons (Fsp3) is 0.333. The molecule has 0 amide bonds. The number of benzene rings is 1. The lowest BCUT2D eigenvalue weighted by atomic mass is 10.2. The standard InChI is InChI=1S/C12H13Cl2N3O2S3/c1-7(2)20-12-16-15-11(21-12)17-22(18,19)6-8-9(13)4-3-5-10(8)14/h3-5,7H,6H2,1-2H3,(H,15,17). The molecule has 1 heterocycles. The van der Waals surface area contributed by atoms with Gasteiger partial charge in [0.25, 0.3) is 0 Å². The smallest absolute Gasteiger partial charge is 0.238 e. The molecule has 0 radical (unpaired) electrons. The van der Waals surface area contributed by atoms with Crippen molar-refractivity contribution in [3.63, 3.8) is 0 Å². The monoisotopic (exact) mass is 397 g/mol. The van der Waals surface area contributed by atoms with E-state index in [1.165, 1.54) is 23.1 Å². The summed E-state index contributed by atoms with van der Waals surface area (Å²) < 4.78 is 27.5. The number of hydrogen-bond acceptors (Lipinski definition) is 6. The fourth-order valence-corrected chi connectivity index (χ4v) is 5.66. The van der Waals surface area contributed by atoms with E-state index in [2.05, 4.69) is 14.9 Å². The largest absolute Gasteiger partial charge is 0.257 e. The summed E-state index contributed by atoms with van der Waals surface area (Å²) in [7, 11) is -3.67. The van der Waals surface area contributed by atoms with E-state index in [0.717, 1.165) is 0 Å². The number of nitrogens with zero attached hydrogens (tertiary/aromatic N) is 2. The SMILES string of the molecule is CC(C)Sc1nnc(NS(=O)(=O)Cc2c(Cl)cccc2Cl)s1. The Morgan fingerprint density at radius 3 is 2.50 bits per heavy atom. The molecule has 1 aromatic heterocycles. The Kier molecular flexibility index (Phi) is 5.95. The maximum atomic E-state index is 12.2. The van der Waals surface area contributed by atoms with Gasteiger partial charge in [0.05, 0.1) is 5.75 Å². The zero-order valence-corrected chi connectivity index (χ0v) is 15.7. The van der Waals surface area contributed by atoms with Crippen molar-refractivity contribution in [1.82, 2.24) is 10.2 Å². The molecule has 22 heavy (non-hydrogen) atoms. The highest BCUT2D eigenvalue weighted by atomic mass is 35.5. The first-order chi connectivity index (χ1) is 10.3. The van der Waals surface area contributed by atoms with Crippen LogP contribution < -0.4 is 4.72 Å². The van der Waals surface area contributed by atoms with Crippen LogP contribution in [-0.2, 0) is 15.8 Å². The molecule has 0 aliphatic rings. The first-order valence-corrected chi connectivity index (χ1v) is 10.3. The number of rotatable bonds is 6. The van der Waals surface area contributed by atoms with Gasteiger partial charge in [0, 0.05) is 20.9 Å². The molecule has 0 bridgehead atoms. The second-order valence-electron chi connectivity index (χ2n) is 4.60. The molecule has 1 aromatic carbocycles. The Labute approximate surface area is 147 Å². The van der Waals surface area contributed by atoms with Crippen molar-refractivity contribution in [3.8, 4) is 0 Å². The van der Waals surface area contributed by atoms with E-state index in [9.17, 15) is 8.42 Å². The summed E-state index contributed by atoms with van der Waals surface area (Å²) in [5.74, 6) is -0.322. The van der Waals surface area contributed by atoms with E-state index in [-0.39, 0.29) is 10.9 Å². The predicted molar refractivity (Wildman–Crippen MR) is 93.6 cm³/mol. The molecule has 0 aliphatic heterocycles. The van der Waals surface area contributed by atoms with Crippen LogP contribution >= 0.6 is 46.3 Å². The highest BCUT2D eigenvalue weighted by Crippen LogP contribution is 2.30. The van der Waals surface area contributed by atoms with E-state index in [1.54, 1.807) is 18.2 Å². The molecule has 0 fully saturated rings. The summed E-state index contributed by atoms with van der Waals surface area (Å²) in [6.45, 7) is 4.05. The third kappa shape index (κ3) is 4.99. The molecule has 0 saturated heterocycles. The molecular weight excluding hydrogens is 385 g/mol. The molecule has 1 N–H and O–H groups in total. The number of aromatic nitrogens is 2. The normalized spacial score (nSPS) is 11.9. The minimum atomic E-state index is -3.67. The third-order valence-corrected chi connectivity index (χ3v) is 6.32. The van der Waals surface area contributed by atoms with Gasteiger partial charge >= 0.3 is 0 Å². The van der Waals surface area contributed by atoms with Crippen molar-refractivity contribution in [2.45, 2.75) is 29.2 Å². The molecule has 0 spiro atoms. The molecule has 10 heteroatoms. The average molecular weight is 398 g/mol. The van der Waals surface area contributed by atoms with Crippen molar-refractivity contribution in [2.75, 3.05) is 4.72 Å². The Bertz CT molecular complexity index is 742. The van der Waals surface area contributed by atoms with Crippen molar-refractivity contribution in [1.29, 1.82) is 0 Å². The summed E-state index contributed by atoms with van der Waals surface area (Å²) in [6.07, 6.45) is 0. The average Bonchev–Trinajstić information content (AvgIpc) is 2.79. The minimum absolute atomic E-state index is 0.228. The van der Waals surface area contributed by atoms with Crippen LogP contribution in [0, 0.1) is 0 Å². The van der Waals surface area contributed by atoms with Crippen LogP contribution in [0.4, 0.5) is 5.13 Å². The van der Waals surface area contributed by atoms with Gasteiger partial charge in [-0.2, -0.15) is 0 Å². The van der Waals surface area contributed by atoms with Crippen molar-refractivity contribution < 1.29 is 8.42 Å². The highest BCUT2D eigenvalue weighted by Gasteiger charge is 2.19. The number of thioether (sulfide) groups is 1. The first kappa shape index (κ1) is 17.8. The van der Waals surface area contributed by atoms with Crippen LogP contribution in [-0.4, -0.2) is 23.9 Å². The maximum absolute atomic E-state index is 12.2. The Morgan fingerprint density at radius 2 is 1.91 bits per heavy atom. The molecule has 2 aromatic rings. The second-order valence-corrected chi connectivity index (χ2v) is 9.94. The lowest BCUT2D eigenvalue weighted by Crippen LogP contribution is -2.15. The van der Waals surface area contributed by atoms with Gasteiger partial charge < -0.3 is 0 Å². The third-order valence-electron chi connectivity index (χ3n) is 2.38. The molecule has 0 unspecified atom stereocenters. The molecule has 0 saturated carbocycles. The number of halogens is 2. The van der Waals surface area contributed by atoms with Gasteiger partial charge in [0.2, 0.25) is 15.2 Å². The summed E-state index contributed by atoms with van der Waals surface area (Å²) in [5.41, 5.74) is 0.361. The zero-order chi connectivity index (χ0) is 16.3. The zero-order valence-electron chi connectivity index (χ0n) is 11.7. The summed E-state index contributed by atoms with van der Waals surface area (Å²) in [4.78, 5) is 0. The highest BCUT2D eigenvalue weighted by molar-refractivity contribution is 8.01. The fourth-order valence-electron chi connectivity index (χ4n) is 1.53. The molecular formula is C12H13Cl2N3O2S3. The minimum Gasteiger partial charge on any atom is -0.257 e. The summed E-state index contributed by atoms with van der Waals surface area (Å²) in [5, 5.41) is 8.96. The van der Waals surface area contributed by atoms with Crippen LogP contribution in [0.5, 0.6) is 0 Å². The number of nitrogens with one attached hydrogen (secondary N) is 1. The van der Waals surface area contributed by atoms with E-state index >= 15 is 0 Å². The predicted octanol–water partition coefficient (Wildman–Crippen LogP) is 4.29. The van der Waals surface area contributed by atoms with E-state index in [4.69, 9.17) is 23.2 Å². The van der Waals surface area contributed by atoms with E-state index < -0.39 is 10.0 Å². The number of hydrogen-bond donors (Lipinski definition) is 1. The van der Waals surface area contributed by atoms with Gasteiger partial charge in [0.15, 0.2) is 4.34 Å². The van der Waals surface area contributed by atoms with Gasteiger partial charge in [-0.15, -0.1) is 10.2 Å². The van der Waals surface area contributed by atoms with Crippen LogP contribution in [0.15, 0.2) is 22.5 Å². The molecule has 5 nitrogen and oxygen atoms in total. The van der Waals surface area contributed by atoms with E-state index in [1.807, 2.05) is 13.8 Å². The van der Waals surface area contributed by atoms with Crippen LogP contribution in [0.25, 0.3) is 0 Å². The van der Waals surface area contributed by atoms with Gasteiger partial charge in [-0.05, 0) is 12.1 Å². The number of sulfonamides is 1. The lowest BCUT2D eigenvalue weighted by Gasteiger charge is -2.08. The van der Waals surface area contributed by atoms with Crippen LogP contribution in [0.3, 0.4) is 0 Å². The molecule has 0 aliphatic carbocycles. The second kappa shape index (κ2) is 7.35. The van der Waals surface area contributed by atoms with Gasteiger partial charge in [-0.25, -0.2) is 8.42 Å². The van der Waals surface area contributed by atoms with Gasteiger partial charge in [-0.1, -0.05) is 66.2 Å². The van der Waals surface area contributed by atoms with E-state index in [0.29, 0.717) is 25.2 Å². The topological polar surface area (TPSA) is 72.0 Å². The Balaban J connectivity index is 2.13. The van der Waals surface area contributed by atoms with Crippen LogP contribution in [0.2, 0.25) is 10.0 Å². The van der Waals surface area contributed by atoms with Crippen LogP contribution in [0.1, 0.15) is 19.4 Å². The number of anilines is 1. The molecule has 2 rings (SSSR count). The summed E-state index contributed by atoms with van der Waals surface area (Å²) >= 11 is 14.7. The maximum Gasteiger partial charge on any atom is 0.238 e.